The predicted molar refractivity (Wildman–Crippen MR) is 75.2 cm³/mol. The number of rotatable bonds is 10. The van der Waals surface area contributed by atoms with E-state index in [0.717, 1.165) is 25.0 Å². The van der Waals surface area contributed by atoms with Gasteiger partial charge in [0.15, 0.2) is 0 Å². The summed E-state index contributed by atoms with van der Waals surface area (Å²) in [5, 5.41) is 10.2. The van der Waals surface area contributed by atoms with E-state index in [9.17, 15) is 0 Å². The lowest BCUT2D eigenvalue weighted by Gasteiger charge is -2.35. The molecule has 0 aromatic carbocycles. The Kier molecular flexibility index (Phi) is 9.67. The fraction of sp³-hybridized carbons (Fsp3) is 1.00. The van der Waals surface area contributed by atoms with E-state index in [-0.39, 0.29) is 6.61 Å². The Hall–Kier alpha value is 0.400. The molecule has 0 atom stereocenters. The molecule has 0 rings (SSSR count). The van der Waals surface area contributed by atoms with Crippen molar-refractivity contribution in [2.75, 3.05) is 31.6 Å². The lowest BCUT2D eigenvalue weighted by Crippen LogP contribution is -2.40. The Morgan fingerprint density at radius 3 is 2.12 bits per heavy atom. The molecule has 0 aliphatic carbocycles. The molecule has 0 heterocycles. The van der Waals surface area contributed by atoms with Crippen molar-refractivity contribution in [1.29, 1.82) is 0 Å². The van der Waals surface area contributed by atoms with Gasteiger partial charge >= 0.3 is 0 Å². The average Bonchev–Trinajstić information content (AvgIpc) is 2.33. The summed E-state index contributed by atoms with van der Waals surface area (Å²) in [6, 6.07) is 0. The number of hydrogen-bond acceptors (Lipinski definition) is 2. The van der Waals surface area contributed by atoms with Crippen molar-refractivity contribution in [1.82, 2.24) is 4.90 Å². The lowest BCUT2D eigenvalue weighted by atomic mass is 9.84. The van der Waals surface area contributed by atoms with Crippen LogP contribution in [-0.4, -0.2) is 41.6 Å². The minimum Gasteiger partial charge on any atom is -0.395 e. The van der Waals surface area contributed by atoms with E-state index in [1.807, 2.05) is 0 Å². The van der Waals surface area contributed by atoms with E-state index in [0.29, 0.717) is 5.41 Å². The number of aliphatic hydroxyl groups is 1. The Balaban J connectivity index is 4.31. The molecule has 0 aliphatic heterocycles. The topological polar surface area (TPSA) is 23.5 Å². The van der Waals surface area contributed by atoms with E-state index in [1.54, 1.807) is 0 Å². The molecule has 0 saturated carbocycles. The van der Waals surface area contributed by atoms with Gasteiger partial charge in [0.1, 0.15) is 0 Å². The summed E-state index contributed by atoms with van der Waals surface area (Å²) >= 11 is 3.65. The first kappa shape index (κ1) is 16.4. The van der Waals surface area contributed by atoms with Gasteiger partial charge in [-0.2, -0.15) is 0 Å². The molecule has 0 fully saturated rings. The maximum absolute atomic E-state index is 9.10. The van der Waals surface area contributed by atoms with Gasteiger partial charge in [0.25, 0.3) is 0 Å². The number of alkyl halides is 1. The van der Waals surface area contributed by atoms with Gasteiger partial charge in [0.05, 0.1) is 6.61 Å². The summed E-state index contributed by atoms with van der Waals surface area (Å²) in [5.41, 5.74) is 0.378. The molecule has 0 radical (unpaired) electrons. The van der Waals surface area contributed by atoms with Crippen LogP contribution in [-0.2, 0) is 0 Å². The molecule has 0 amide bonds. The van der Waals surface area contributed by atoms with Gasteiger partial charge in [-0.25, -0.2) is 0 Å². The highest BCUT2D eigenvalue weighted by atomic mass is 79.9. The van der Waals surface area contributed by atoms with Crippen LogP contribution in [0.4, 0.5) is 0 Å². The second-order valence-corrected chi connectivity index (χ2v) is 5.25. The molecule has 0 spiro atoms. The van der Waals surface area contributed by atoms with Gasteiger partial charge < -0.3 is 10.0 Å². The zero-order valence-corrected chi connectivity index (χ0v) is 12.7. The van der Waals surface area contributed by atoms with Gasteiger partial charge in [0, 0.05) is 18.4 Å². The maximum atomic E-state index is 9.10. The first-order chi connectivity index (χ1) is 7.67. The minimum atomic E-state index is 0.273. The largest absolute Gasteiger partial charge is 0.395 e. The van der Waals surface area contributed by atoms with Crippen LogP contribution in [0, 0.1) is 5.41 Å². The van der Waals surface area contributed by atoms with Gasteiger partial charge in [0.2, 0.25) is 0 Å². The Morgan fingerprint density at radius 1 is 1.12 bits per heavy atom. The molecule has 98 valence electrons. The number of aliphatic hydroxyl groups excluding tert-OH is 1. The molecule has 16 heavy (non-hydrogen) atoms. The van der Waals surface area contributed by atoms with Crippen LogP contribution in [0.25, 0.3) is 0 Å². The summed E-state index contributed by atoms with van der Waals surface area (Å²) in [7, 11) is 0. The highest BCUT2D eigenvalue weighted by Gasteiger charge is 2.27. The minimum absolute atomic E-state index is 0.273. The van der Waals surface area contributed by atoms with Crippen LogP contribution in [0.15, 0.2) is 0 Å². The lowest BCUT2D eigenvalue weighted by molar-refractivity contribution is 0.130. The van der Waals surface area contributed by atoms with E-state index in [1.165, 1.54) is 25.7 Å². The van der Waals surface area contributed by atoms with E-state index in [2.05, 4.69) is 41.6 Å². The predicted octanol–water partition coefficient (Wildman–Crippen LogP) is 3.28. The number of nitrogens with zero attached hydrogens (tertiary/aromatic N) is 1. The Labute approximate surface area is 110 Å². The van der Waals surface area contributed by atoms with Crippen molar-refractivity contribution >= 4 is 15.9 Å². The van der Waals surface area contributed by atoms with Crippen LogP contribution < -0.4 is 0 Å². The molecule has 0 saturated heterocycles. The van der Waals surface area contributed by atoms with Crippen molar-refractivity contribution in [2.24, 2.45) is 5.41 Å². The average molecular weight is 294 g/mol. The van der Waals surface area contributed by atoms with Crippen LogP contribution in [0.5, 0.6) is 0 Å². The fourth-order valence-electron chi connectivity index (χ4n) is 1.97. The molecule has 0 aliphatic rings. The second kappa shape index (κ2) is 9.43. The third kappa shape index (κ3) is 5.65. The molecular formula is C13H28BrNO. The van der Waals surface area contributed by atoms with Crippen molar-refractivity contribution < 1.29 is 5.11 Å². The third-order valence-electron chi connectivity index (χ3n) is 3.59. The van der Waals surface area contributed by atoms with Crippen molar-refractivity contribution in [3.8, 4) is 0 Å². The fourth-order valence-corrected chi connectivity index (χ4v) is 2.94. The van der Waals surface area contributed by atoms with Crippen molar-refractivity contribution in [3.05, 3.63) is 0 Å². The third-order valence-corrected chi connectivity index (χ3v) is 4.78. The zero-order valence-electron chi connectivity index (χ0n) is 11.1. The van der Waals surface area contributed by atoms with Crippen LogP contribution >= 0.6 is 15.9 Å². The second-order valence-electron chi connectivity index (χ2n) is 4.69. The van der Waals surface area contributed by atoms with Crippen molar-refractivity contribution in [2.45, 2.75) is 46.5 Å². The monoisotopic (exact) mass is 293 g/mol. The quantitative estimate of drug-likeness (QED) is 0.625. The standard InChI is InChI=1S/C13H28BrNO/c1-4-7-8-15(9-10-16)12-13(5-2,6-3)11-14/h16H,4-12H2,1-3H3. The zero-order chi connectivity index (χ0) is 12.4. The van der Waals surface area contributed by atoms with E-state index < -0.39 is 0 Å². The van der Waals surface area contributed by atoms with E-state index in [4.69, 9.17) is 5.11 Å². The number of unbranched alkanes of at least 4 members (excludes halogenated alkanes) is 1. The molecule has 2 nitrogen and oxygen atoms in total. The summed E-state index contributed by atoms with van der Waals surface area (Å²) in [6.07, 6.45) is 4.85. The molecular weight excluding hydrogens is 266 g/mol. The summed E-state index contributed by atoms with van der Waals surface area (Å²) in [5.74, 6) is 0. The highest BCUT2D eigenvalue weighted by molar-refractivity contribution is 9.09. The molecule has 0 aromatic heterocycles. The smallest absolute Gasteiger partial charge is 0.0558 e. The molecule has 0 aromatic rings. The Morgan fingerprint density at radius 2 is 1.75 bits per heavy atom. The summed E-state index contributed by atoms with van der Waals surface area (Å²) in [6.45, 7) is 10.1. The SMILES string of the molecule is CCCCN(CCO)CC(CC)(CC)CBr. The van der Waals surface area contributed by atoms with Gasteiger partial charge in [-0.15, -0.1) is 0 Å². The molecule has 3 heteroatoms. The molecule has 0 bridgehead atoms. The summed E-state index contributed by atoms with van der Waals surface area (Å²) < 4.78 is 0. The van der Waals surface area contributed by atoms with Gasteiger partial charge in [-0.05, 0) is 31.2 Å². The molecule has 1 N–H and O–H groups in total. The van der Waals surface area contributed by atoms with Gasteiger partial charge in [-0.1, -0.05) is 43.1 Å². The maximum Gasteiger partial charge on any atom is 0.0558 e. The highest BCUT2D eigenvalue weighted by Crippen LogP contribution is 2.29. The number of hydrogen-bond donors (Lipinski definition) is 1. The van der Waals surface area contributed by atoms with Crippen LogP contribution in [0.3, 0.4) is 0 Å². The number of halogens is 1. The summed E-state index contributed by atoms with van der Waals surface area (Å²) in [4.78, 5) is 2.41. The normalized spacial score (nSPS) is 12.4. The van der Waals surface area contributed by atoms with Crippen molar-refractivity contribution in [3.63, 3.8) is 0 Å². The van der Waals surface area contributed by atoms with Gasteiger partial charge in [-0.3, -0.25) is 0 Å². The first-order valence-corrected chi connectivity index (χ1v) is 7.69. The molecule has 0 unspecified atom stereocenters. The first-order valence-electron chi connectivity index (χ1n) is 6.57. The van der Waals surface area contributed by atoms with E-state index >= 15 is 0 Å². The van der Waals surface area contributed by atoms with Crippen LogP contribution in [0.1, 0.15) is 46.5 Å². The van der Waals surface area contributed by atoms with Crippen LogP contribution in [0.2, 0.25) is 0 Å². The Bertz CT molecular complexity index is 152.